The highest BCUT2D eigenvalue weighted by Crippen LogP contribution is 2.29. The number of nitrogens with one attached hydrogen (secondary N) is 2. The Hall–Kier alpha value is -1.40. The Bertz CT molecular complexity index is 582. The van der Waals surface area contributed by atoms with Gasteiger partial charge in [0.05, 0.1) is 5.39 Å². The second-order valence-electron chi connectivity index (χ2n) is 5.47. The highest BCUT2D eigenvalue weighted by Gasteiger charge is 2.09. The Balaban J connectivity index is 1.94. The van der Waals surface area contributed by atoms with Crippen molar-refractivity contribution in [2.45, 2.75) is 27.2 Å². The van der Waals surface area contributed by atoms with Crippen molar-refractivity contribution in [1.29, 1.82) is 0 Å². The van der Waals surface area contributed by atoms with Crippen LogP contribution in [0.3, 0.4) is 0 Å². The standard InChI is InChI=1S/C15H24N4OS/c1-10(2)9-20-7-5-6-17-13-12-8-11(3)21-14(12)19-15(16-4)18-13/h8,10H,5-7,9H2,1-4H3,(H2,16,17,18,19). The normalized spacial score (nSPS) is 11.3. The van der Waals surface area contributed by atoms with E-state index < -0.39 is 0 Å². The first-order chi connectivity index (χ1) is 10.1. The van der Waals surface area contributed by atoms with E-state index >= 15 is 0 Å². The maximum atomic E-state index is 5.59. The van der Waals surface area contributed by atoms with E-state index in [0.29, 0.717) is 11.9 Å². The van der Waals surface area contributed by atoms with E-state index in [0.717, 1.165) is 42.2 Å². The van der Waals surface area contributed by atoms with Crippen molar-refractivity contribution in [3.63, 3.8) is 0 Å². The second kappa shape index (κ2) is 7.56. The highest BCUT2D eigenvalue weighted by molar-refractivity contribution is 7.18. The summed E-state index contributed by atoms with van der Waals surface area (Å²) in [6.07, 6.45) is 0.968. The van der Waals surface area contributed by atoms with Crippen LogP contribution in [0.4, 0.5) is 11.8 Å². The summed E-state index contributed by atoms with van der Waals surface area (Å²) in [6.45, 7) is 8.87. The van der Waals surface area contributed by atoms with Gasteiger partial charge in [0.25, 0.3) is 0 Å². The summed E-state index contributed by atoms with van der Waals surface area (Å²) in [4.78, 5) is 11.3. The minimum atomic E-state index is 0.589. The molecule has 21 heavy (non-hydrogen) atoms. The molecule has 0 atom stereocenters. The van der Waals surface area contributed by atoms with E-state index in [2.05, 4.69) is 47.4 Å². The number of hydrogen-bond acceptors (Lipinski definition) is 6. The average Bonchev–Trinajstić information content (AvgIpc) is 2.82. The molecular weight excluding hydrogens is 284 g/mol. The SMILES string of the molecule is CNc1nc(NCCCOCC(C)C)c2cc(C)sc2n1. The third-order valence-corrected chi connectivity index (χ3v) is 3.89. The first-order valence-electron chi connectivity index (χ1n) is 7.37. The number of rotatable bonds is 8. The molecule has 2 rings (SSSR count). The molecule has 0 unspecified atom stereocenters. The van der Waals surface area contributed by atoms with Crippen molar-refractivity contribution >= 4 is 33.3 Å². The molecule has 2 N–H and O–H groups in total. The highest BCUT2D eigenvalue weighted by atomic mass is 32.1. The van der Waals surface area contributed by atoms with Gasteiger partial charge in [0.15, 0.2) is 0 Å². The molecule has 0 aliphatic carbocycles. The van der Waals surface area contributed by atoms with Crippen LogP contribution in [-0.2, 0) is 4.74 Å². The Morgan fingerprint density at radius 2 is 2.14 bits per heavy atom. The molecule has 2 heterocycles. The molecule has 0 aliphatic rings. The maximum Gasteiger partial charge on any atom is 0.225 e. The van der Waals surface area contributed by atoms with Gasteiger partial charge in [-0.25, -0.2) is 4.98 Å². The van der Waals surface area contributed by atoms with Crippen LogP contribution in [0.15, 0.2) is 6.07 Å². The monoisotopic (exact) mass is 308 g/mol. The van der Waals surface area contributed by atoms with Crippen LogP contribution < -0.4 is 10.6 Å². The number of hydrogen-bond donors (Lipinski definition) is 2. The van der Waals surface area contributed by atoms with Gasteiger partial charge in [0, 0.05) is 31.7 Å². The summed E-state index contributed by atoms with van der Waals surface area (Å²) in [7, 11) is 1.84. The minimum Gasteiger partial charge on any atom is -0.381 e. The largest absolute Gasteiger partial charge is 0.381 e. The van der Waals surface area contributed by atoms with Crippen LogP contribution in [0, 0.1) is 12.8 Å². The zero-order valence-corrected chi connectivity index (χ0v) is 14.0. The lowest BCUT2D eigenvalue weighted by Gasteiger charge is -2.09. The fourth-order valence-electron chi connectivity index (χ4n) is 1.99. The third kappa shape index (κ3) is 4.54. The Morgan fingerprint density at radius 1 is 1.33 bits per heavy atom. The first-order valence-corrected chi connectivity index (χ1v) is 8.19. The molecule has 0 bridgehead atoms. The Kier molecular flexibility index (Phi) is 5.76. The molecule has 0 radical (unpaired) electrons. The number of aromatic nitrogens is 2. The molecule has 2 aromatic heterocycles. The predicted molar refractivity (Wildman–Crippen MR) is 90.5 cm³/mol. The van der Waals surface area contributed by atoms with E-state index in [-0.39, 0.29) is 0 Å². The van der Waals surface area contributed by atoms with Gasteiger partial charge in [-0.3, -0.25) is 0 Å². The molecule has 5 nitrogen and oxygen atoms in total. The van der Waals surface area contributed by atoms with Crippen molar-refractivity contribution in [2.75, 3.05) is 37.4 Å². The molecule has 0 spiro atoms. The van der Waals surface area contributed by atoms with Crippen molar-refractivity contribution in [3.05, 3.63) is 10.9 Å². The van der Waals surface area contributed by atoms with Gasteiger partial charge < -0.3 is 15.4 Å². The summed E-state index contributed by atoms with van der Waals surface area (Å²) in [5.74, 6) is 2.15. The van der Waals surface area contributed by atoms with Gasteiger partial charge in [-0.05, 0) is 25.3 Å². The van der Waals surface area contributed by atoms with Crippen molar-refractivity contribution < 1.29 is 4.74 Å². The number of thiophene rings is 1. The van der Waals surface area contributed by atoms with Crippen LogP contribution in [-0.4, -0.2) is 36.8 Å². The molecule has 0 saturated carbocycles. The zero-order chi connectivity index (χ0) is 15.2. The van der Waals surface area contributed by atoms with E-state index in [1.165, 1.54) is 4.88 Å². The van der Waals surface area contributed by atoms with Gasteiger partial charge in [-0.15, -0.1) is 11.3 Å². The fraction of sp³-hybridized carbons (Fsp3) is 0.600. The molecular formula is C15H24N4OS. The van der Waals surface area contributed by atoms with Crippen LogP contribution in [0.2, 0.25) is 0 Å². The lowest BCUT2D eigenvalue weighted by Crippen LogP contribution is -2.10. The van der Waals surface area contributed by atoms with Gasteiger partial charge >= 0.3 is 0 Å². The molecule has 2 aromatic rings. The quantitative estimate of drug-likeness (QED) is 0.731. The Morgan fingerprint density at radius 3 is 2.86 bits per heavy atom. The van der Waals surface area contributed by atoms with Crippen LogP contribution in [0.5, 0.6) is 0 Å². The summed E-state index contributed by atoms with van der Waals surface area (Å²) < 4.78 is 5.59. The molecule has 0 amide bonds. The first kappa shape index (κ1) is 16.0. The summed E-state index contributed by atoms with van der Waals surface area (Å²) in [6, 6.07) is 2.14. The van der Waals surface area contributed by atoms with Gasteiger partial charge in [0.1, 0.15) is 10.6 Å². The third-order valence-electron chi connectivity index (χ3n) is 2.95. The Labute approximate surface area is 130 Å². The van der Waals surface area contributed by atoms with Crippen molar-refractivity contribution in [3.8, 4) is 0 Å². The zero-order valence-electron chi connectivity index (χ0n) is 13.2. The molecule has 0 fully saturated rings. The number of aryl methyl sites for hydroxylation is 1. The number of anilines is 2. The van der Waals surface area contributed by atoms with Crippen LogP contribution >= 0.6 is 11.3 Å². The van der Waals surface area contributed by atoms with Gasteiger partial charge in [0.2, 0.25) is 5.95 Å². The average molecular weight is 308 g/mol. The van der Waals surface area contributed by atoms with E-state index in [9.17, 15) is 0 Å². The van der Waals surface area contributed by atoms with Crippen LogP contribution in [0.1, 0.15) is 25.1 Å². The molecule has 0 aliphatic heterocycles. The summed E-state index contributed by atoms with van der Waals surface area (Å²) in [5.41, 5.74) is 0. The summed E-state index contributed by atoms with van der Waals surface area (Å²) in [5, 5.41) is 7.51. The van der Waals surface area contributed by atoms with E-state index in [1.807, 2.05) is 7.05 Å². The topological polar surface area (TPSA) is 59.1 Å². The minimum absolute atomic E-state index is 0.589. The van der Waals surface area contributed by atoms with Gasteiger partial charge in [-0.2, -0.15) is 4.98 Å². The van der Waals surface area contributed by atoms with E-state index in [1.54, 1.807) is 11.3 Å². The number of ether oxygens (including phenoxy) is 1. The van der Waals surface area contributed by atoms with Crippen molar-refractivity contribution in [1.82, 2.24) is 9.97 Å². The summed E-state index contributed by atoms with van der Waals surface area (Å²) >= 11 is 1.69. The van der Waals surface area contributed by atoms with Gasteiger partial charge in [-0.1, -0.05) is 13.8 Å². The molecule has 116 valence electrons. The lowest BCUT2D eigenvalue weighted by molar-refractivity contribution is 0.110. The van der Waals surface area contributed by atoms with E-state index in [4.69, 9.17) is 4.74 Å². The maximum absolute atomic E-state index is 5.59. The van der Waals surface area contributed by atoms with Crippen molar-refractivity contribution in [2.24, 2.45) is 5.92 Å². The second-order valence-corrected chi connectivity index (χ2v) is 6.71. The number of nitrogens with zero attached hydrogens (tertiary/aromatic N) is 2. The molecule has 0 aromatic carbocycles. The van der Waals surface area contributed by atoms with Crippen LogP contribution in [0.25, 0.3) is 10.2 Å². The lowest BCUT2D eigenvalue weighted by atomic mass is 10.2. The molecule has 6 heteroatoms. The fourth-order valence-corrected chi connectivity index (χ4v) is 2.87. The predicted octanol–water partition coefficient (Wildman–Crippen LogP) is 3.52. The number of fused-ring (bicyclic) bond motifs is 1. The smallest absolute Gasteiger partial charge is 0.225 e. The molecule has 0 saturated heterocycles.